The second-order valence-electron chi connectivity index (χ2n) is 16.0. The summed E-state index contributed by atoms with van der Waals surface area (Å²) in [6, 6.07) is 89.2. The van der Waals surface area contributed by atoms with Crippen LogP contribution in [0.5, 0.6) is 0 Å². The van der Waals surface area contributed by atoms with Crippen molar-refractivity contribution in [3.63, 3.8) is 0 Å². The molecule has 1 aromatic heterocycles. The number of nitrogens with zero attached hydrogens (tertiary/aromatic N) is 2. The minimum Gasteiger partial charge on any atom is -0.309 e. The number of aromatic nitrogens is 1. The molecule has 0 N–H and O–H groups in total. The topological polar surface area (TPSA) is 8.17 Å². The van der Waals surface area contributed by atoms with Gasteiger partial charge in [-0.25, -0.2) is 0 Å². The van der Waals surface area contributed by atoms with Crippen molar-refractivity contribution in [1.82, 2.24) is 4.57 Å². The van der Waals surface area contributed by atoms with Crippen LogP contribution in [0.1, 0.15) is 22.3 Å². The lowest BCUT2D eigenvalue weighted by Crippen LogP contribution is -2.28. The number of anilines is 3. The summed E-state index contributed by atoms with van der Waals surface area (Å²) in [5.41, 5.74) is 16.2. The maximum Gasteiger partial charge on any atom is 0.0714 e. The van der Waals surface area contributed by atoms with Gasteiger partial charge in [0.2, 0.25) is 0 Å². The van der Waals surface area contributed by atoms with Gasteiger partial charge >= 0.3 is 0 Å². The fraction of sp³-hybridized carbons (Fsp3) is 0.0169. The molecule has 0 amide bonds. The number of benzene rings is 10. The minimum atomic E-state index is -0.568. The van der Waals surface area contributed by atoms with Crippen LogP contribution in [-0.2, 0) is 5.41 Å². The van der Waals surface area contributed by atoms with Crippen molar-refractivity contribution in [2.24, 2.45) is 0 Å². The van der Waals surface area contributed by atoms with Crippen molar-refractivity contribution in [3.8, 4) is 27.9 Å². The van der Waals surface area contributed by atoms with E-state index in [1.165, 1.54) is 66.0 Å². The van der Waals surface area contributed by atoms with Gasteiger partial charge in [0.05, 0.1) is 27.8 Å². The molecule has 0 saturated carbocycles. The molecule has 1 aliphatic rings. The van der Waals surface area contributed by atoms with E-state index in [1.54, 1.807) is 0 Å². The standard InChI is InChI=1S/C59H40N2/c1-5-21-41(22-6-1)46-29-16-19-35-54(46)61(45-37-38-49-47-30-17-20-36-55(47)60(56(49)39-45)44-27-11-4-12-28-44)57-40-53-58(50-32-14-13-31-48(50)57)51-33-15-18-34-52(51)59(53,42-23-7-2-8-24-42)43-25-9-3-10-26-43/h1-40H. The Morgan fingerprint density at radius 2 is 0.885 bits per heavy atom. The number of fused-ring (bicyclic) bond motifs is 8. The molecule has 0 saturated heterocycles. The van der Waals surface area contributed by atoms with Gasteiger partial charge in [0, 0.05) is 33.1 Å². The van der Waals surface area contributed by atoms with Gasteiger partial charge in [-0.2, -0.15) is 0 Å². The highest BCUT2D eigenvalue weighted by molar-refractivity contribution is 6.13. The summed E-state index contributed by atoms with van der Waals surface area (Å²) in [6.45, 7) is 0. The maximum absolute atomic E-state index is 2.53. The van der Waals surface area contributed by atoms with Gasteiger partial charge in [-0.3, -0.25) is 0 Å². The second kappa shape index (κ2) is 14.1. The smallest absolute Gasteiger partial charge is 0.0714 e. The molecular weight excluding hydrogens is 737 g/mol. The fourth-order valence-electron chi connectivity index (χ4n) is 10.4. The first-order chi connectivity index (χ1) is 30.3. The third kappa shape index (κ3) is 5.29. The van der Waals surface area contributed by atoms with Gasteiger partial charge in [0.15, 0.2) is 0 Å². The summed E-state index contributed by atoms with van der Waals surface area (Å²) in [6.07, 6.45) is 0. The van der Waals surface area contributed by atoms with Gasteiger partial charge in [-0.05, 0) is 86.8 Å². The van der Waals surface area contributed by atoms with E-state index < -0.39 is 5.41 Å². The van der Waals surface area contributed by atoms with Crippen molar-refractivity contribution in [3.05, 3.63) is 265 Å². The molecule has 0 bridgehead atoms. The average Bonchev–Trinajstić information content (AvgIpc) is 3.83. The molecular formula is C59H40N2. The van der Waals surface area contributed by atoms with Crippen LogP contribution in [0, 0.1) is 0 Å². The van der Waals surface area contributed by atoms with E-state index in [4.69, 9.17) is 0 Å². The van der Waals surface area contributed by atoms with Gasteiger partial charge in [-0.1, -0.05) is 200 Å². The lowest BCUT2D eigenvalue weighted by molar-refractivity contribution is 0.769. The summed E-state index contributed by atoms with van der Waals surface area (Å²) < 4.78 is 2.42. The van der Waals surface area contributed by atoms with Gasteiger partial charge in [0.1, 0.15) is 0 Å². The predicted molar refractivity (Wildman–Crippen MR) is 256 cm³/mol. The first-order valence-electron chi connectivity index (χ1n) is 21.1. The van der Waals surface area contributed by atoms with E-state index in [-0.39, 0.29) is 0 Å². The van der Waals surface area contributed by atoms with Crippen molar-refractivity contribution in [2.45, 2.75) is 5.41 Å². The first-order valence-corrected chi connectivity index (χ1v) is 21.1. The van der Waals surface area contributed by atoms with Crippen LogP contribution in [0.25, 0.3) is 60.5 Å². The molecule has 286 valence electrons. The maximum atomic E-state index is 2.53. The molecule has 12 rings (SSSR count). The van der Waals surface area contributed by atoms with Crippen LogP contribution in [-0.4, -0.2) is 4.57 Å². The highest BCUT2D eigenvalue weighted by atomic mass is 15.1. The summed E-state index contributed by atoms with van der Waals surface area (Å²) in [7, 11) is 0. The largest absolute Gasteiger partial charge is 0.309 e. The van der Waals surface area contributed by atoms with Crippen LogP contribution in [0.4, 0.5) is 17.1 Å². The summed E-state index contributed by atoms with van der Waals surface area (Å²) in [4.78, 5) is 2.53. The van der Waals surface area contributed by atoms with Crippen molar-refractivity contribution in [2.75, 3.05) is 4.90 Å². The highest BCUT2D eigenvalue weighted by Crippen LogP contribution is 2.60. The summed E-state index contributed by atoms with van der Waals surface area (Å²) in [5, 5.41) is 4.89. The molecule has 0 radical (unpaired) electrons. The predicted octanol–water partition coefficient (Wildman–Crippen LogP) is 15.4. The molecule has 1 aliphatic carbocycles. The Kier molecular flexibility index (Phi) is 8.11. The SMILES string of the molecule is c1ccc(-c2ccccc2N(c2ccc3c4ccccc4n(-c4ccccc4)c3c2)c2cc3c(c4ccccc24)-c2ccccc2C3(c2ccccc2)c2ccccc2)cc1. The molecule has 61 heavy (non-hydrogen) atoms. The number of rotatable bonds is 7. The molecule has 0 atom stereocenters. The van der Waals surface area contributed by atoms with Crippen LogP contribution in [0.15, 0.2) is 243 Å². The van der Waals surface area contributed by atoms with Gasteiger partial charge < -0.3 is 9.47 Å². The number of hydrogen-bond acceptors (Lipinski definition) is 1. The second-order valence-corrected chi connectivity index (χ2v) is 16.0. The lowest BCUT2D eigenvalue weighted by atomic mass is 9.67. The van der Waals surface area contributed by atoms with Crippen molar-refractivity contribution >= 4 is 49.6 Å². The van der Waals surface area contributed by atoms with E-state index in [0.717, 1.165) is 33.8 Å². The number of para-hydroxylation sites is 3. The van der Waals surface area contributed by atoms with E-state index in [1.807, 2.05) is 0 Å². The van der Waals surface area contributed by atoms with Gasteiger partial charge in [-0.15, -0.1) is 0 Å². The zero-order valence-corrected chi connectivity index (χ0v) is 33.5. The molecule has 0 aliphatic heterocycles. The Morgan fingerprint density at radius 1 is 0.344 bits per heavy atom. The molecule has 10 aromatic carbocycles. The van der Waals surface area contributed by atoms with Crippen LogP contribution >= 0.6 is 0 Å². The Hall–Kier alpha value is -7.94. The summed E-state index contributed by atoms with van der Waals surface area (Å²) in [5.74, 6) is 0. The molecule has 0 spiro atoms. The Labute approximate surface area is 355 Å². The van der Waals surface area contributed by atoms with E-state index in [0.29, 0.717) is 0 Å². The normalized spacial score (nSPS) is 12.7. The van der Waals surface area contributed by atoms with Crippen molar-refractivity contribution < 1.29 is 0 Å². The minimum absolute atomic E-state index is 0.568. The van der Waals surface area contributed by atoms with E-state index in [9.17, 15) is 0 Å². The monoisotopic (exact) mass is 776 g/mol. The Balaban J connectivity index is 1.23. The molecule has 0 unspecified atom stereocenters. The molecule has 0 fully saturated rings. The number of hydrogen-bond donors (Lipinski definition) is 0. The van der Waals surface area contributed by atoms with Crippen LogP contribution in [0.3, 0.4) is 0 Å². The van der Waals surface area contributed by atoms with Gasteiger partial charge in [0.25, 0.3) is 0 Å². The third-order valence-corrected chi connectivity index (χ3v) is 12.8. The molecule has 1 heterocycles. The van der Waals surface area contributed by atoms with E-state index >= 15 is 0 Å². The molecule has 2 nitrogen and oxygen atoms in total. The van der Waals surface area contributed by atoms with Crippen molar-refractivity contribution in [1.29, 1.82) is 0 Å². The zero-order chi connectivity index (χ0) is 40.3. The third-order valence-electron chi connectivity index (χ3n) is 12.8. The van der Waals surface area contributed by atoms with Crippen LogP contribution < -0.4 is 4.90 Å². The summed E-state index contributed by atoms with van der Waals surface area (Å²) >= 11 is 0. The molecule has 11 aromatic rings. The highest BCUT2D eigenvalue weighted by Gasteiger charge is 2.47. The van der Waals surface area contributed by atoms with E-state index in [2.05, 4.69) is 252 Å². The first kappa shape index (κ1) is 35.0. The molecule has 2 heteroatoms. The zero-order valence-electron chi connectivity index (χ0n) is 33.5. The fourth-order valence-corrected chi connectivity index (χ4v) is 10.4. The Morgan fingerprint density at radius 3 is 1.61 bits per heavy atom. The van der Waals surface area contributed by atoms with Crippen LogP contribution in [0.2, 0.25) is 0 Å². The Bertz CT molecular complexity index is 3360. The average molecular weight is 777 g/mol. The lowest BCUT2D eigenvalue weighted by Gasteiger charge is -2.35. The quantitative estimate of drug-likeness (QED) is 0.156.